The Labute approximate surface area is 146 Å². The first-order valence-electron chi connectivity index (χ1n) is 8.44. The minimum absolute atomic E-state index is 0.0443. The van der Waals surface area contributed by atoms with Crippen LogP contribution in [0.4, 0.5) is 0 Å². The summed E-state index contributed by atoms with van der Waals surface area (Å²) < 4.78 is 1.62. The van der Waals surface area contributed by atoms with E-state index in [0.29, 0.717) is 12.2 Å². The van der Waals surface area contributed by atoms with E-state index in [1.807, 2.05) is 42.2 Å². The fourth-order valence-corrected chi connectivity index (χ4v) is 3.19. The van der Waals surface area contributed by atoms with Gasteiger partial charge in [0, 0.05) is 12.1 Å². The Bertz CT molecular complexity index is 738. The zero-order valence-electron chi connectivity index (χ0n) is 14.1. The van der Waals surface area contributed by atoms with Gasteiger partial charge in [0.2, 0.25) is 0 Å². The van der Waals surface area contributed by atoms with E-state index in [-0.39, 0.29) is 24.5 Å². The molecule has 0 atom stereocenters. The summed E-state index contributed by atoms with van der Waals surface area (Å²) in [6.07, 6.45) is 3.15. The van der Waals surface area contributed by atoms with E-state index < -0.39 is 5.97 Å². The summed E-state index contributed by atoms with van der Waals surface area (Å²) in [7, 11) is 0. The molecule has 1 fully saturated rings. The average Bonchev–Trinajstić information content (AvgIpc) is 3.06. The Hall–Kier alpha value is -2.67. The van der Waals surface area contributed by atoms with E-state index >= 15 is 0 Å². The summed E-state index contributed by atoms with van der Waals surface area (Å²) >= 11 is 0. The van der Waals surface area contributed by atoms with Crippen molar-refractivity contribution >= 4 is 11.9 Å². The molecular formula is C18H22N4O3. The van der Waals surface area contributed by atoms with E-state index in [2.05, 4.69) is 10.4 Å². The number of aromatic nitrogens is 2. The SMILES string of the molecule is CCN(CC(=O)O)C1CC(NC(=O)c2ccnn2-c2ccccc2)C1. The number of carboxylic acid groups (broad SMARTS) is 1. The molecule has 0 radical (unpaired) electrons. The lowest BCUT2D eigenvalue weighted by atomic mass is 9.85. The highest BCUT2D eigenvalue weighted by molar-refractivity contribution is 5.93. The van der Waals surface area contributed by atoms with Crippen LogP contribution >= 0.6 is 0 Å². The molecule has 25 heavy (non-hydrogen) atoms. The van der Waals surface area contributed by atoms with E-state index in [1.165, 1.54) is 0 Å². The van der Waals surface area contributed by atoms with E-state index in [4.69, 9.17) is 5.11 Å². The fraction of sp³-hybridized carbons (Fsp3) is 0.389. The van der Waals surface area contributed by atoms with Crippen molar-refractivity contribution in [1.82, 2.24) is 20.0 Å². The van der Waals surface area contributed by atoms with Crippen molar-refractivity contribution in [2.75, 3.05) is 13.1 Å². The van der Waals surface area contributed by atoms with Crippen molar-refractivity contribution in [3.8, 4) is 5.69 Å². The Morgan fingerprint density at radius 3 is 2.64 bits per heavy atom. The lowest BCUT2D eigenvalue weighted by Gasteiger charge is -2.42. The molecule has 7 heteroatoms. The van der Waals surface area contributed by atoms with Gasteiger partial charge in [0.25, 0.3) is 5.91 Å². The van der Waals surface area contributed by atoms with Gasteiger partial charge < -0.3 is 10.4 Å². The van der Waals surface area contributed by atoms with Crippen molar-refractivity contribution < 1.29 is 14.7 Å². The van der Waals surface area contributed by atoms with Crippen LogP contribution in [0.5, 0.6) is 0 Å². The summed E-state index contributed by atoms with van der Waals surface area (Å²) in [6.45, 7) is 2.69. The van der Waals surface area contributed by atoms with Gasteiger partial charge in [0.05, 0.1) is 18.4 Å². The number of nitrogens with zero attached hydrogens (tertiary/aromatic N) is 3. The minimum Gasteiger partial charge on any atom is -0.480 e. The molecule has 0 unspecified atom stereocenters. The molecule has 0 bridgehead atoms. The highest BCUT2D eigenvalue weighted by Crippen LogP contribution is 2.26. The van der Waals surface area contributed by atoms with Crippen LogP contribution in [-0.4, -0.2) is 56.8 Å². The number of likely N-dealkylation sites (N-methyl/N-ethyl adjacent to an activating group) is 1. The third-order valence-electron chi connectivity index (χ3n) is 4.59. The van der Waals surface area contributed by atoms with E-state index in [9.17, 15) is 9.59 Å². The van der Waals surface area contributed by atoms with Gasteiger partial charge in [-0.1, -0.05) is 25.1 Å². The first-order chi connectivity index (χ1) is 12.1. The first kappa shape index (κ1) is 17.2. The normalized spacial score (nSPS) is 19.4. The van der Waals surface area contributed by atoms with E-state index in [1.54, 1.807) is 16.9 Å². The quantitative estimate of drug-likeness (QED) is 0.797. The molecule has 7 nitrogen and oxygen atoms in total. The molecule has 1 heterocycles. The summed E-state index contributed by atoms with van der Waals surface area (Å²) in [5.41, 5.74) is 1.33. The molecular weight excluding hydrogens is 320 g/mol. The topological polar surface area (TPSA) is 87.5 Å². The number of carboxylic acids is 1. The molecule has 1 aromatic heterocycles. The Kier molecular flexibility index (Phi) is 5.14. The standard InChI is InChI=1S/C18H22N4O3/c1-2-21(12-17(23)24)15-10-13(11-15)20-18(25)16-8-9-19-22(16)14-6-4-3-5-7-14/h3-9,13,15H,2,10-12H2,1H3,(H,20,25)(H,23,24). The van der Waals surface area contributed by atoms with Crippen LogP contribution < -0.4 is 5.32 Å². The van der Waals surface area contributed by atoms with Gasteiger partial charge in [-0.05, 0) is 37.6 Å². The maximum Gasteiger partial charge on any atom is 0.317 e. The van der Waals surface area contributed by atoms with Gasteiger partial charge in [-0.25, -0.2) is 4.68 Å². The second-order valence-electron chi connectivity index (χ2n) is 6.22. The smallest absolute Gasteiger partial charge is 0.317 e. The van der Waals surface area contributed by atoms with Crippen molar-refractivity contribution in [3.63, 3.8) is 0 Å². The molecule has 1 aromatic carbocycles. The molecule has 2 N–H and O–H groups in total. The number of amides is 1. The molecule has 0 spiro atoms. The monoisotopic (exact) mass is 342 g/mol. The third kappa shape index (κ3) is 3.88. The lowest BCUT2D eigenvalue weighted by Crippen LogP contribution is -2.55. The van der Waals surface area contributed by atoms with Crippen molar-refractivity contribution in [2.24, 2.45) is 0 Å². The van der Waals surface area contributed by atoms with Gasteiger partial charge in [-0.2, -0.15) is 5.10 Å². The van der Waals surface area contributed by atoms with Crippen molar-refractivity contribution in [2.45, 2.75) is 31.8 Å². The second kappa shape index (κ2) is 7.48. The van der Waals surface area contributed by atoms with Gasteiger partial charge in [-0.15, -0.1) is 0 Å². The number of hydrogen-bond acceptors (Lipinski definition) is 4. The largest absolute Gasteiger partial charge is 0.480 e. The molecule has 1 saturated carbocycles. The van der Waals surface area contributed by atoms with E-state index in [0.717, 1.165) is 18.5 Å². The van der Waals surface area contributed by atoms with Crippen LogP contribution in [0.1, 0.15) is 30.3 Å². The summed E-state index contributed by atoms with van der Waals surface area (Å²) in [5, 5.41) is 16.2. The molecule has 0 aliphatic heterocycles. The van der Waals surface area contributed by atoms with Gasteiger partial charge in [0.1, 0.15) is 5.69 Å². The number of aliphatic carboxylic acids is 1. The molecule has 3 rings (SSSR count). The molecule has 1 aliphatic carbocycles. The predicted molar refractivity (Wildman–Crippen MR) is 92.7 cm³/mol. The van der Waals surface area contributed by atoms with Crippen molar-refractivity contribution in [3.05, 3.63) is 48.3 Å². The molecule has 0 saturated heterocycles. The second-order valence-corrected chi connectivity index (χ2v) is 6.22. The van der Waals surface area contributed by atoms with Crippen LogP contribution in [0.15, 0.2) is 42.6 Å². The number of carbonyl (C=O) groups excluding carboxylic acids is 1. The molecule has 132 valence electrons. The maximum atomic E-state index is 12.5. The minimum atomic E-state index is -0.818. The van der Waals surface area contributed by atoms with Crippen LogP contribution in [0.2, 0.25) is 0 Å². The number of carbonyl (C=O) groups is 2. The first-order valence-corrected chi connectivity index (χ1v) is 8.44. The fourth-order valence-electron chi connectivity index (χ4n) is 3.19. The number of benzene rings is 1. The molecule has 2 aromatic rings. The maximum absolute atomic E-state index is 12.5. The average molecular weight is 342 g/mol. The summed E-state index contributed by atoms with van der Waals surface area (Å²) in [6, 6.07) is 11.5. The van der Waals surface area contributed by atoms with Crippen LogP contribution in [0.3, 0.4) is 0 Å². The zero-order chi connectivity index (χ0) is 17.8. The van der Waals surface area contributed by atoms with Crippen molar-refractivity contribution in [1.29, 1.82) is 0 Å². The van der Waals surface area contributed by atoms with Crippen LogP contribution in [0, 0.1) is 0 Å². The van der Waals surface area contributed by atoms with Gasteiger partial charge >= 0.3 is 5.97 Å². The highest BCUT2D eigenvalue weighted by Gasteiger charge is 2.35. The Morgan fingerprint density at radius 1 is 1.28 bits per heavy atom. The summed E-state index contributed by atoms with van der Waals surface area (Å²) in [4.78, 5) is 25.4. The molecule has 1 aliphatic rings. The van der Waals surface area contributed by atoms with Gasteiger partial charge in [-0.3, -0.25) is 14.5 Å². The van der Waals surface area contributed by atoms with Crippen LogP contribution in [0.25, 0.3) is 5.69 Å². The molecule has 1 amide bonds. The lowest BCUT2D eigenvalue weighted by molar-refractivity contribution is -0.139. The number of para-hydroxylation sites is 1. The highest BCUT2D eigenvalue weighted by atomic mass is 16.4. The third-order valence-corrected chi connectivity index (χ3v) is 4.59. The Morgan fingerprint density at radius 2 is 2.00 bits per heavy atom. The van der Waals surface area contributed by atoms with Gasteiger partial charge in [0.15, 0.2) is 0 Å². The predicted octanol–water partition coefficient (Wildman–Crippen LogP) is 1.54. The zero-order valence-corrected chi connectivity index (χ0v) is 14.1. The Balaban J connectivity index is 1.58. The number of nitrogens with one attached hydrogen (secondary N) is 1. The number of rotatable bonds is 7. The number of hydrogen-bond donors (Lipinski definition) is 2. The summed E-state index contributed by atoms with van der Waals surface area (Å²) in [5.74, 6) is -0.979. The van der Waals surface area contributed by atoms with Crippen LogP contribution in [-0.2, 0) is 4.79 Å².